The molecule has 2 saturated heterocycles. The van der Waals surface area contributed by atoms with Gasteiger partial charge >= 0.3 is 0 Å². The van der Waals surface area contributed by atoms with Gasteiger partial charge in [-0.3, -0.25) is 14.6 Å². The maximum atomic E-state index is 13.9. The standard InChI is InChI=1S/C33H37Cl2FN4O2/c34-30-9-8-29(22-31(30)35)40(33(42)26-12-19-39(20-13-26)32(41)27-3-1-14-37-23-27)16-2-15-38-17-10-25(11-18-38)21-24-4-6-28(36)7-5-24/h1,3-9,14,22-23,25-26H,2,10-13,15-21H2. The maximum Gasteiger partial charge on any atom is 0.255 e. The van der Waals surface area contributed by atoms with E-state index in [1.54, 1.807) is 36.7 Å². The Balaban J connectivity index is 1.15. The minimum atomic E-state index is -0.191. The van der Waals surface area contributed by atoms with Crippen LogP contribution in [0.4, 0.5) is 10.1 Å². The molecule has 222 valence electrons. The van der Waals surface area contributed by atoms with E-state index in [9.17, 15) is 14.0 Å². The molecule has 0 atom stereocenters. The quantitative estimate of drug-likeness (QED) is 0.269. The molecule has 0 unspecified atom stereocenters. The molecule has 2 aromatic carbocycles. The molecule has 6 nitrogen and oxygen atoms in total. The lowest BCUT2D eigenvalue weighted by molar-refractivity contribution is -0.123. The number of likely N-dealkylation sites (tertiary alicyclic amines) is 2. The molecule has 0 spiro atoms. The number of hydrogen-bond acceptors (Lipinski definition) is 4. The van der Waals surface area contributed by atoms with Crippen LogP contribution in [0.1, 0.15) is 48.0 Å². The monoisotopic (exact) mass is 610 g/mol. The molecule has 42 heavy (non-hydrogen) atoms. The third-order valence-corrected chi connectivity index (χ3v) is 9.26. The van der Waals surface area contributed by atoms with Crippen LogP contribution in [0.25, 0.3) is 0 Å². The number of nitrogens with zero attached hydrogens (tertiary/aromatic N) is 4. The Morgan fingerprint density at radius 3 is 2.33 bits per heavy atom. The van der Waals surface area contributed by atoms with Gasteiger partial charge in [0.2, 0.25) is 5.91 Å². The average Bonchev–Trinajstić information content (AvgIpc) is 3.02. The number of halogens is 3. The molecule has 0 bridgehead atoms. The predicted octanol–water partition coefficient (Wildman–Crippen LogP) is 6.76. The van der Waals surface area contributed by atoms with Crippen molar-refractivity contribution in [2.24, 2.45) is 11.8 Å². The first-order valence-electron chi connectivity index (χ1n) is 14.8. The Kier molecular flexibility index (Phi) is 10.5. The van der Waals surface area contributed by atoms with E-state index >= 15 is 0 Å². The van der Waals surface area contributed by atoms with E-state index in [2.05, 4.69) is 9.88 Å². The second-order valence-electron chi connectivity index (χ2n) is 11.4. The predicted molar refractivity (Wildman–Crippen MR) is 166 cm³/mol. The normalized spacial score (nSPS) is 16.9. The summed E-state index contributed by atoms with van der Waals surface area (Å²) >= 11 is 12.5. The van der Waals surface area contributed by atoms with Gasteiger partial charge in [0.15, 0.2) is 0 Å². The third kappa shape index (κ3) is 7.88. The highest BCUT2D eigenvalue weighted by Gasteiger charge is 2.31. The van der Waals surface area contributed by atoms with Crippen LogP contribution in [0.2, 0.25) is 10.0 Å². The van der Waals surface area contributed by atoms with Gasteiger partial charge in [-0.25, -0.2) is 4.39 Å². The summed E-state index contributed by atoms with van der Waals surface area (Å²) in [6, 6.07) is 15.7. The van der Waals surface area contributed by atoms with Gasteiger partial charge in [-0.1, -0.05) is 35.3 Å². The van der Waals surface area contributed by atoms with Crippen LogP contribution in [0.3, 0.4) is 0 Å². The van der Waals surface area contributed by atoms with Crippen molar-refractivity contribution in [3.05, 3.63) is 94.0 Å². The van der Waals surface area contributed by atoms with Crippen LogP contribution >= 0.6 is 23.2 Å². The minimum Gasteiger partial charge on any atom is -0.339 e. The highest BCUT2D eigenvalue weighted by molar-refractivity contribution is 6.42. The Morgan fingerprint density at radius 1 is 0.929 bits per heavy atom. The molecule has 2 amide bonds. The van der Waals surface area contributed by atoms with Gasteiger partial charge in [-0.2, -0.15) is 0 Å². The van der Waals surface area contributed by atoms with Crippen molar-refractivity contribution in [3.8, 4) is 0 Å². The molecular formula is C33H37Cl2FN4O2. The second kappa shape index (κ2) is 14.5. The lowest BCUT2D eigenvalue weighted by Crippen LogP contribution is -2.45. The van der Waals surface area contributed by atoms with E-state index < -0.39 is 0 Å². The number of carbonyl (C=O) groups is 2. The van der Waals surface area contributed by atoms with E-state index in [1.807, 2.05) is 28.0 Å². The molecule has 2 aliphatic heterocycles. The van der Waals surface area contributed by atoms with Crippen molar-refractivity contribution in [1.29, 1.82) is 0 Å². The highest BCUT2D eigenvalue weighted by atomic mass is 35.5. The lowest BCUT2D eigenvalue weighted by Gasteiger charge is -2.35. The smallest absolute Gasteiger partial charge is 0.255 e. The number of aromatic nitrogens is 1. The summed E-state index contributed by atoms with van der Waals surface area (Å²) in [5.41, 5.74) is 2.51. The molecule has 0 N–H and O–H groups in total. The lowest BCUT2D eigenvalue weighted by atomic mass is 9.90. The molecule has 0 aliphatic carbocycles. The number of anilines is 1. The zero-order valence-electron chi connectivity index (χ0n) is 23.7. The summed E-state index contributed by atoms with van der Waals surface area (Å²) in [6.07, 6.45) is 8.52. The number of amides is 2. The molecule has 3 aromatic rings. The Labute approximate surface area is 257 Å². The number of piperidine rings is 2. The first-order valence-corrected chi connectivity index (χ1v) is 15.6. The van der Waals surface area contributed by atoms with E-state index in [0.717, 1.165) is 51.0 Å². The fraction of sp³-hybridized carbons (Fsp3) is 0.424. The minimum absolute atomic E-state index is 0.0447. The number of hydrogen-bond donors (Lipinski definition) is 0. The maximum absolute atomic E-state index is 13.9. The molecule has 3 heterocycles. The fourth-order valence-electron chi connectivity index (χ4n) is 6.06. The second-order valence-corrected chi connectivity index (χ2v) is 12.2. The Morgan fingerprint density at radius 2 is 1.67 bits per heavy atom. The van der Waals surface area contributed by atoms with Gasteiger partial charge in [0.25, 0.3) is 5.91 Å². The number of rotatable bonds is 9. The Bertz CT molecular complexity index is 1340. The molecule has 0 saturated carbocycles. The van der Waals surface area contributed by atoms with E-state index in [0.29, 0.717) is 54.0 Å². The van der Waals surface area contributed by atoms with Crippen molar-refractivity contribution >= 4 is 40.7 Å². The molecule has 2 fully saturated rings. The summed E-state index contributed by atoms with van der Waals surface area (Å²) in [5, 5.41) is 0.880. The van der Waals surface area contributed by atoms with E-state index in [4.69, 9.17) is 23.2 Å². The van der Waals surface area contributed by atoms with Crippen molar-refractivity contribution < 1.29 is 14.0 Å². The molecule has 5 rings (SSSR count). The van der Waals surface area contributed by atoms with Gasteiger partial charge in [-0.15, -0.1) is 0 Å². The van der Waals surface area contributed by atoms with Gasteiger partial charge < -0.3 is 14.7 Å². The van der Waals surface area contributed by atoms with Crippen LogP contribution in [0.5, 0.6) is 0 Å². The van der Waals surface area contributed by atoms with E-state index in [1.165, 1.54) is 17.7 Å². The SMILES string of the molecule is O=C(c1cccnc1)N1CCC(C(=O)N(CCCN2CCC(Cc3ccc(F)cc3)CC2)c2ccc(Cl)c(Cl)c2)CC1. The van der Waals surface area contributed by atoms with Crippen molar-refractivity contribution in [1.82, 2.24) is 14.8 Å². The summed E-state index contributed by atoms with van der Waals surface area (Å²) in [6.45, 7) is 4.61. The summed E-state index contributed by atoms with van der Waals surface area (Å²) in [4.78, 5) is 36.9. The van der Waals surface area contributed by atoms with Crippen molar-refractivity contribution in [2.45, 2.75) is 38.5 Å². The van der Waals surface area contributed by atoms with Crippen LogP contribution in [0, 0.1) is 17.7 Å². The fourth-order valence-corrected chi connectivity index (χ4v) is 6.35. The molecule has 9 heteroatoms. The first-order chi connectivity index (χ1) is 20.4. The van der Waals surface area contributed by atoms with Crippen LogP contribution < -0.4 is 4.90 Å². The van der Waals surface area contributed by atoms with Gasteiger partial charge in [0.05, 0.1) is 15.6 Å². The molecular weight excluding hydrogens is 574 g/mol. The van der Waals surface area contributed by atoms with Crippen molar-refractivity contribution in [2.75, 3.05) is 44.2 Å². The average molecular weight is 612 g/mol. The zero-order chi connectivity index (χ0) is 29.5. The molecule has 1 aromatic heterocycles. The highest BCUT2D eigenvalue weighted by Crippen LogP contribution is 2.30. The number of pyridine rings is 1. The molecule has 0 radical (unpaired) electrons. The largest absolute Gasteiger partial charge is 0.339 e. The van der Waals surface area contributed by atoms with Crippen LogP contribution in [0.15, 0.2) is 67.0 Å². The van der Waals surface area contributed by atoms with Crippen LogP contribution in [-0.2, 0) is 11.2 Å². The third-order valence-electron chi connectivity index (χ3n) is 8.52. The van der Waals surface area contributed by atoms with Crippen LogP contribution in [-0.4, -0.2) is 65.9 Å². The molecule has 2 aliphatic rings. The van der Waals surface area contributed by atoms with Gasteiger partial charge in [-0.05, 0) is 112 Å². The topological polar surface area (TPSA) is 56.8 Å². The van der Waals surface area contributed by atoms with E-state index in [-0.39, 0.29) is 23.5 Å². The van der Waals surface area contributed by atoms with Gasteiger partial charge in [0.1, 0.15) is 5.82 Å². The summed E-state index contributed by atoms with van der Waals surface area (Å²) < 4.78 is 13.2. The zero-order valence-corrected chi connectivity index (χ0v) is 25.2. The van der Waals surface area contributed by atoms with Gasteiger partial charge in [0, 0.05) is 43.6 Å². The first kappa shape index (κ1) is 30.5. The summed E-state index contributed by atoms with van der Waals surface area (Å²) in [7, 11) is 0. The summed E-state index contributed by atoms with van der Waals surface area (Å²) in [5.74, 6) is 0.275. The van der Waals surface area contributed by atoms with Crippen molar-refractivity contribution in [3.63, 3.8) is 0 Å². The Hall–Kier alpha value is -3.00. The number of benzene rings is 2. The number of carbonyl (C=O) groups excluding carboxylic acids is 2.